The number of hydrogen-bond acceptors (Lipinski definition) is 5. The number of rotatable bonds is 6. The predicted molar refractivity (Wildman–Crippen MR) is 101 cm³/mol. The quantitative estimate of drug-likeness (QED) is 0.789. The third-order valence-corrected chi connectivity index (χ3v) is 5.66. The Morgan fingerprint density at radius 3 is 2.65 bits per heavy atom. The summed E-state index contributed by atoms with van der Waals surface area (Å²) >= 11 is 1.36. The molecule has 0 bridgehead atoms. The summed E-state index contributed by atoms with van der Waals surface area (Å²) in [5, 5.41) is 21.7. The van der Waals surface area contributed by atoms with Gasteiger partial charge in [0.25, 0.3) is 0 Å². The van der Waals surface area contributed by atoms with E-state index in [1.807, 2.05) is 41.8 Å². The molecule has 26 heavy (non-hydrogen) atoms. The van der Waals surface area contributed by atoms with E-state index in [-0.39, 0.29) is 11.7 Å². The van der Waals surface area contributed by atoms with Gasteiger partial charge in [0.2, 0.25) is 5.91 Å². The molecule has 1 N–H and O–H groups in total. The molecular formula is C19H23N5OS. The standard InChI is InChI=1S/C19H23N5OS/c1-2-24-17(15-9-5-3-6-10-15)22-23-18(24)26-13-16(25)21-19(14-20)11-7-4-8-12-19/h3,5-6,9-10H,2,4,7-8,11-13H2,1H3,(H,21,25). The van der Waals surface area contributed by atoms with Crippen LogP contribution in [0.5, 0.6) is 0 Å². The number of hydrogen-bond donors (Lipinski definition) is 1. The predicted octanol–water partition coefficient (Wildman–Crippen LogP) is 3.40. The lowest BCUT2D eigenvalue weighted by Gasteiger charge is -2.31. The molecule has 136 valence electrons. The Bertz CT molecular complexity index is 790. The van der Waals surface area contributed by atoms with E-state index in [0.717, 1.165) is 55.2 Å². The monoisotopic (exact) mass is 369 g/mol. The van der Waals surface area contributed by atoms with Crippen LogP contribution in [0.1, 0.15) is 39.0 Å². The van der Waals surface area contributed by atoms with Crippen molar-refractivity contribution >= 4 is 17.7 Å². The maximum atomic E-state index is 12.4. The van der Waals surface area contributed by atoms with Gasteiger partial charge < -0.3 is 9.88 Å². The van der Waals surface area contributed by atoms with Gasteiger partial charge in [0.1, 0.15) is 5.54 Å². The minimum Gasteiger partial charge on any atom is -0.337 e. The molecule has 0 saturated heterocycles. The fourth-order valence-electron chi connectivity index (χ4n) is 3.33. The fourth-order valence-corrected chi connectivity index (χ4v) is 4.14. The van der Waals surface area contributed by atoms with Gasteiger partial charge in [-0.3, -0.25) is 4.79 Å². The molecule has 1 amide bonds. The molecule has 1 aromatic carbocycles. The summed E-state index contributed by atoms with van der Waals surface area (Å²) in [6.07, 6.45) is 4.60. The lowest BCUT2D eigenvalue weighted by atomic mass is 9.83. The van der Waals surface area contributed by atoms with Crippen LogP contribution in [0, 0.1) is 11.3 Å². The second-order valence-electron chi connectivity index (χ2n) is 6.51. The molecule has 1 fully saturated rings. The zero-order valence-corrected chi connectivity index (χ0v) is 15.8. The van der Waals surface area contributed by atoms with E-state index in [1.54, 1.807) is 0 Å². The minimum absolute atomic E-state index is 0.120. The SMILES string of the molecule is CCn1c(SCC(=O)NC2(C#N)CCCCC2)nnc1-c1ccccc1. The molecule has 0 atom stereocenters. The fraction of sp³-hybridized carbons (Fsp3) is 0.474. The third-order valence-electron chi connectivity index (χ3n) is 4.70. The van der Waals surface area contributed by atoms with Crippen LogP contribution in [0.25, 0.3) is 11.4 Å². The van der Waals surface area contributed by atoms with Crippen molar-refractivity contribution in [1.29, 1.82) is 5.26 Å². The van der Waals surface area contributed by atoms with Crippen LogP contribution in [0.2, 0.25) is 0 Å². The summed E-state index contributed by atoms with van der Waals surface area (Å²) in [7, 11) is 0. The Kier molecular flexibility index (Phi) is 5.94. The van der Waals surface area contributed by atoms with Gasteiger partial charge in [-0.05, 0) is 19.8 Å². The maximum Gasteiger partial charge on any atom is 0.231 e. The second-order valence-corrected chi connectivity index (χ2v) is 7.45. The van der Waals surface area contributed by atoms with E-state index in [4.69, 9.17) is 0 Å². The smallest absolute Gasteiger partial charge is 0.231 e. The number of benzene rings is 1. The Morgan fingerprint density at radius 2 is 2.00 bits per heavy atom. The summed E-state index contributed by atoms with van der Waals surface area (Å²) in [6.45, 7) is 2.76. The number of nitrogens with zero attached hydrogens (tertiary/aromatic N) is 4. The first-order chi connectivity index (χ1) is 12.7. The summed E-state index contributed by atoms with van der Waals surface area (Å²) in [6, 6.07) is 12.2. The van der Waals surface area contributed by atoms with Crippen molar-refractivity contribution in [3.63, 3.8) is 0 Å². The minimum atomic E-state index is -0.691. The van der Waals surface area contributed by atoms with Gasteiger partial charge in [-0.2, -0.15) is 5.26 Å². The third kappa shape index (κ3) is 4.07. The number of aromatic nitrogens is 3. The summed E-state index contributed by atoms with van der Waals surface area (Å²) in [5.41, 5.74) is 0.313. The van der Waals surface area contributed by atoms with Crippen molar-refractivity contribution in [2.75, 3.05) is 5.75 Å². The number of thioether (sulfide) groups is 1. The van der Waals surface area contributed by atoms with E-state index >= 15 is 0 Å². The van der Waals surface area contributed by atoms with Gasteiger partial charge in [0, 0.05) is 12.1 Å². The molecule has 1 heterocycles. The Hall–Kier alpha value is -2.33. The molecule has 1 aliphatic carbocycles. The maximum absolute atomic E-state index is 12.4. The van der Waals surface area contributed by atoms with Gasteiger partial charge in [-0.1, -0.05) is 61.4 Å². The highest BCUT2D eigenvalue weighted by atomic mass is 32.2. The van der Waals surface area contributed by atoms with Crippen LogP contribution in [-0.2, 0) is 11.3 Å². The van der Waals surface area contributed by atoms with Gasteiger partial charge >= 0.3 is 0 Å². The van der Waals surface area contributed by atoms with Gasteiger partial charge in [0.05, 0.1) is 11.8 Å². The van der Waals surface area contributed by atoms with E-state index in [2.05, 4.69) is 21.6 Å². The van der Waals surface area contributed by atoms with Crippen molar-refractivity contribution in [2.45, 2.75) is 56.3 Å². The first-order valence-electron chi connectivity index (χ1n) is 9.01. The Morgan fingerprint density at radius 1 is 1.27 bits per heavy atom. The highest BCUT2D eigenvalue weighted by molar-refractivity contribution is 7.99. The van der Waals surface area contributed by atoms with Crippen molar-refractivity contribution in [3.8, 4) is 17.5 Å². The molecule has 0 aliphatic heterocycles. The average Bonchev–Trinajstić information content (AvgIpc) is 3.10. The van der Waals surface area contributed by atoms with E-state index in [9.17, 15) is 10.1 Å². The van der Waals surface area contributed by atoms with Crippen LogP contribution >= 0.6 is 11.8 Å². The van der Waals surface area contributed by atoms with Gasteiger partial charge in [-0.25, -0.2) is 0 Å². The van der Waals surface area contributed by atoms with Crippen LogP contribution in [0.3, 0.4) is 0 Å². The lowest BCUT2D eigenvalue weighted by Crippen LogP contribution is -2.49. The Balaban J connectivity index is 1.65. The molecule has 6 nitrogen and oxygen atoms in total. The summed E-state index contributed by atoms with van der Waals surface area (Å²) < 4.78 is 2.01. The molecule has 7 heteroatoms. The normalized spacial score (nSPS) is 16.0. The van der Waals surface area contributed by atoms with E-state index < -0.39 is 5.54 Å². The molecule has 0 spiro atoms. The van der Waals surface area contributed by atoms with E-state index in [0.29, 0.717) is 0 Å². The van der Waals surface area contributed by atoms with Crippen molar-refractivity contribution in [3.05, 3.63) is 30.3 Å². The van der Waals surface area contributed by atoms with Gasteiger partial charge in [0.15, 0.2) is 11.0 Å². The molecule has 1 aromatic heterocycles. The van der Waals surface area contributed by atoms with Crippen molar-refractivity contribution in [2.24, 2.45) is 0 Å². The molecule has 2 aromatic rings. The van der Waals surface area contributed by atoms with Crippen LogP contribution in [-0.4, -0.2) is 32.0 Å². The van der Waals surface area contributed by atoms with Crippen LogP contribution < -0.4 is 5.32 Å². The zero-order valence-electron chi connectivity index (χ0n) is 14.9. The first-order valence-corrected chi connectivity index (χ1v) is 10.00. The largest absolute Gasteiger partial charge is 0.337 e. The molecule has 0 unspecified atom stereocenters. The van der Waals surface area contributed by atoms with E-state index in [1.165, 1.54) is 11.8 Å². The van der Waals surface area contributed by atoms with Crippen LogP contribution in [0.15, 0.2) is 35.5 Å². The summed E-state index contributed by atoms with van der Waals surface area (Å²) in [4.78, 5) is 12.4. The lowest BCUT2D eigenvalue weighted by molar-refractivity contribution is -0.120. The molecule has 0 radical (unpaired) electrons. The average molecular weight is 369 g/mol. The molecular weight excluding hydrogens is 346 g/mol. The topological polar surface area (TPSA) is 83.6 Å². The number of nitrogens with one attached hydrogen (secondary N) is 1. The van der Waals surface area contributed by atoms with Gasteiger partial charge in [-0.15, -0.1) is 10.2 Å². The second kappa shape index (κ2) is 8.37. The zero-order chi connectivity index (χ0) is 18.4. The summed E-state index contributed by atoms with van der Waals surface area (Å²) in [5.74, 6) is 0.915. The van der Waals surface area contributed by atoms with Crippen molar-refractivity contribution < 1.29 is 4.79 Å². The molecule has 3 rings (SSSR count). The first kappa shape index (κ1) is 18.5. The highest BCUT2D eigenvalue weighted by Crippen LogP contribution is 2.28. The molecule has 1 aliphatic rings. The highest BCUT2D eigenvalue weighted by Gasteiger charge is 2.33. The Labute approximate surface area is 158 Å². The molecule has 1 saturated carbocycles. The number of nitriles is 1. The van der Waals surface area contributed by atoms with Crippen LogP contribution in [0.4, 0.5) is 0 Å². The number of carbonyl (C=O) groups is 1. The number of carbonyl (C=O) groups excluding carboxylic acids is 1. The van der Waals surface area contributed by atoms with Crippen molar-refractivity contribution in [1.82, 2.24) is 20.1 Å². The number of amides is 1.